The lowest BCUT2D eigenvalue weighted by Crippen LogP contribution is -2.07. The first-order chi connectivity index (χ1) is 10.0. The predicted octanol–water partition coefficient (Wildman–Crippen LogP) is 1.74. The molecule has 0 amide bonds. The van der Waals surface area contributed by atoms with Gasteiger partial charge in [0.15, 0.2) is 0 Å². The number of hydrogen-bond acceptors (Lipinski definition) is 7. The molecule has 1 aromatic carbocycles. The molecule has 0 bridgehead atoms. The van der Waals surface area contributed by atoms with Crippen LogP contribution in [0.3, 0.4) is 0 Å². The molecule has 0 unspecified atom stereocenters. The van der Waals surface area contributed by atoms with Gasteiger partial charge in [-0.05, 0) is 12.1 Å². The standard InChI is InChI=1S/C12H11N3O5S/c1-20-11(16)7-2-3-10(15(18)19)9(4-7)13-5-8-6-21-12(17)14-8/h2-4,6,13H,5H2,1H3,(H,14,17). The van der Waals surface area contributed by atoms with Gasteiger partial charge in [0, 0.05) is 17.1 Å². The molecular formula is C12H11N3O5S. The van der Waals surface area contributed by atoms with Crippen LogP contribution < -0.4 is 10.2 Å². The summed E-state index contributed by atoms with van der Waals surface area (Å²) < 4.78 is 4.58. The topological polar surface area (TPSA) is 114 Å². The number of nitro benzene ring substituents is 1. The molecule has 1 heterocycles. The Kier molecular flexibility index (Phi) is 4.33. The van der Waals surface area contributed by atoms with E-state index in [1.807, 2.05) is 0 Å². The Bertz CT molecular complexity index is 736. The number of anilines is 1. The highest BCUT2D eigenvalue weighted by Crippen LogP contribution is 2.26. The minimum absolute atomic E-state index is 0.166. The number of ether oxygens (including phenoxy) is 1. The van der Waals surface area contributed by atoms with Gasteiger partial charge in [-0.3, -0.25) is 14.9 Å². The molecule has 2 N–H and O–H groups in total. The Morgan fingerprint density at radius 1 is 1.52 bits per heavy atom. The van der Waals surface area contributed by atoms with Crippen molar-refractivity contribution in [1.29, 1.82) is 0 Å². The number of carbonyl (C=O) groups is 1. The summed E-state index contributed by atoms with van der Waals surface area (Å²) >= 11 is 1.00. The molecule has 0 radical (unpaired) electrons. The second-order valence-corrected chi connectivity index (χ2v) is 4.85. The van der Waals surface area contributed by atoms with Crippen molar-refractivity contribution >= 4 is 28.7 Å². The summed E-state index contributed by atoms with van der Waals surface area (Å²) in [5.74, 6) is -0.586. The molecule has 110 valence electrons. The molecule has 0 saturated carbocycles. The molecule has 2 rings (SSSR count). The van der Waals surface area contributed by atoms with Gasteiger partial charge in [0.2, 0.25) is 0 Å². The first-order valence-corrected chi connectivity index (χ1v) is 6.66. The van der Waals surface area contributed by atoms with Crippen LogP contribution >= 0.6 is 11.3 Å². The van der Waals surface area contributed by atoms with Gasteiger partial charge in [-0.1, -0.05) is 11.3 Å². The Morgan fingerprint density at radius 3 is 2.86 bits per heavy atom. The number of benzene rings is 1. The number of carbonyl (C=O) groups excluding carboxylic acids is 1. The minimum atomic E-state index is -0.586. The molecule has 9 heteroatoms. The number of aromatic amines is 1. The number of thiazole rings is 1. The second-order valence-electron chi connectivity index (χ2n) is 4.01. The third-order valence-corrected chi connectivity index (χ3v) is 3.37. The van der Waals surface area contributed by atoms with Crippen LogP contribution in [-0.4, -0.2) is 23.0 Å². The maximum Gasteiger partial charge on any atom is 0.337 e. The fourth-order valence-corrected chi connectivity index (χ4v) is 2.25. The summed E-state index contributed by atoms with van der Waals surface area (Å²) in [4.78, 5) is 35.3. The Hall–Kier alpha value is -2.68. The monoisotopic (exact) mass is 309 g/mol. The fourth-order valence-electron chi connectivity index (χ4n) is 1.67. The molecule has 8 nitrogen and oxygen atoms in total. The van der Waals surface area contributed by atoms with E-state index in [9.17, 15) is 19.7 Å². The normalized spacial score (nSPS) is 10.1. The summed E-state index contributed by atoms with van der Waals surface area (Å²) in [6.45, 7) is 0.199. The van der Waals surface area contributed by atoms with Crippen molar-refractivity contribution in [3.8, 4) is 0 Å². The Labute approximate surface area is 122 Å². The zero-order valence-electron chi connectivity index (χ0n) is 10.9. The average Bonchev–Trinajstić information content (AvgIpc) is 2.89. The van der Waals surface area contributed by atoms with Gasteiger partial charge in [-0.25, -0.2) is 4.79 Å². The van der Waals surface area contributed by atoms with E-state index in [2.05, 4.69) is 15.0 Å². The Balaban J connectivity index is 2.27. The van der Waals surface area contributed by atoms with E-state index >= 15 is 0 Å². The van der Waals surface area contributed by atoms with Gasteiger partial charge in [0.05, 0.1) is 24.1 Å². The summed E-state index contributed by atoms with van der Waals surface area (Å²) in [6, 6.07) is 3.89. The van der Waals surface area contributed by atoms with Gasteiger partial charge in [-0.15, -0.1) is 0 Å². The SMILES string of the molecule is COC(=O)c1ccc([N+](=O)[O-])c(NCc2csc(=O)[nH]2)c1. The van der Waals surface area contributed by atoms with Gasteiger partial charge >= 0.3 is 10.8 Å². The maximum absolute atomic E-state index is 11.5. The van der Waals surface area contributed by atoms with E-state index in [0.717, 1.165) is 11.3 Å². The number of nitrogens with zero attached hydrogens (tertiary/aromatic N) is 1. The first-order valence-electron chi connectivity index (χ1n) is 5.78. The lowest BCUT2D eigenvalue weighted by molar-refractivity contribution is -0.384. The lowest BCUT2D eigenvalue weighted by Gasteiger charge is -2.07. The summed E-state index contributed by atoms with van der Waals surface area (Å²) in [5.41, 5.74) is 0.808. The van der Waals surface area contributed by atoms with Crippen LogP contribution in [0.5, 0.6) is 0 Å². The quantitative estimate of drug-likeness (QED) is 0.494. The summed E-state index contributed by atoms with van der Waals surface area (Å²) in [5, 5.41) is 15.4. The van der Waals surface area contributed by atoms with Crippen LogP contribution in [0.25, 0.3) is 0 Å². The number of methoxy groups -OCH3 is 1. The molecule has 1 aromatic heterocycles. The van der Waals surface area contributed by atoms with Crippen LogP contribution in [-0.2, 0) is 11.3 Å². The van der Waals surface area contributed by atoms with Gasteiger partial charge in [0.1, 0.15) is 5.69 Å². The van der Waals surface area contributed by atoms with Gasteiger partial charge in [-0.2, -0.15) is 0 Å². The van der Waals surface area contributed by atoms with E-state index in [-0.39, 0.29) is 28.4 Å². The fraction of sp³-hybridized carbons (Fsp3) is 0.167. The van der Waals surface area contributed by atoms with Crippen LogP contribution in [0.15, 0.2) is 28.4 Å². The number of nitrogens with one attached hydrogen (secondary N) is 2. The predicted molar refractivity (Wildman–Crippen MR) is 76.7 cm³/mol. The molecule has 0 fully saturated rings. The van der Waals surface area contributed by atoms with Crippen molar-refractivity contribution in [1.82, 2.24) is 4.98 Å². The third-order valence-electron chi connectivity index (χ3n) is 2.65. The minimum Gasteiger partial charge on any atom is -0.465 e. The van der Waals surface area contributed by atoms with Gasteiger partial charge < -0.3 is 15.0 Å². The number of rotatable bonds is 5. The second kappa shape index (κ2) is 6.18. The molecule has 0 aliphatic heterocycles. The van der Waals surface area contributed by atoms with Crippen molar-refractivity contribution in [3.05, 3.63) is 54.6 Å². The molecule has 0 atom stereocenters. The van der Waals surface area contributed by atoms with Crippen LogP contribution in [0.4, 0.5) is 11.4 Å². The van der Waals surface area contributed by atoms with Crippen LogP contribution in [0.1, 0.15) is 16.1 Å². The van der Waals surface area contributed by atoms with Crippen molar-refractivity contribution < 1.29 is 14.5 Å². The molecule has 21 heavy (non-hydrogen) atoms. The third kappa shape index (κ3) is 3.45. The van der Waals surface area contributed by atoms with E-state index in [1.165, 1.54) is 25.3 Å². The van der Waals surface area contributed by atoms with E-state index < -0.39 is 10.9 Å². The Morgan fingerprint density at radius 2 is 2.29 bits per heavy atom. The number of esters is 1. The number of H-pyrrole nitrogens is 1. The van der Waals surface area contributed by atoms with Crippen molar-refractivity contribution in [2.24, 2.45) is 0 Å². The van der Waals surface area contributed by atoms with Crippen LogP contribution in [0, 0.1) is 10.1 Å². The zero-order valence-corrected chi connectivity index (χ0v) is 11.7. The molecule has 2 aromatic rings. The zero-order chi connectivity index (χ0) is 15.4. The highest BCUT2D eigenvalue weighted by Gasteiger charge is 2.17. The molecule has 0 aliphatic carbocycles. The average molecular weight is 309 g/mol. The maximum atomic E-state index is 11.5. The molecule has 0 saturated heterocycles. The van der Waals surface area contributed by atoms with E-state index in [4.69, 9.17) is 0 Å². The number of nitro groups is 1. The van der Waals surface area contributed by atoms with Crippen LogP contribution in [0.2, 0.25) is 0 Å². The summed E-state index contributed by atoms with van der Waals surface area (Å²) in [6.07, 6.45) is 0. The lowest BCUT2D eigenvalue weighted by atomic mass is 10.1. The van der Waals surface area contributed by atoms with E-state index in [0.29, 0.717) is 5.69 Å². The largest absolute Gasteiger partial charge is 0.465 e. The summed E-state index contributed by atoms with van der Waals surface area (Å²) in [7, 11) is 1.23. The van der Waals surface area contributed by atoms with Crippen molar-refractivity contribution in [2.75, 3.05) is 12.4 Å². The highest BCUT2D eigenvalue weighted by atomic mass is 32.1. The molecular weight excluding hydrogens is 298 g/mol. The number of aromatic nitrogens is 1. The molecule has 0 spiro atoms. The highest BCUT2D eigenvalue weighted by molar-refractivity contribution is 7.07. The van der Waals surface area contributed by atoms with Crippen molar-refractivity contribution in [3.63, 3.8) is 0 Å². The smallest absolute Gasteiger partial charge is 0.337 e. The van der Waals surface area contributed by atoms with Gasteiger partial charge in [0.25, 0.3) is 5.69 Å². The van der Waals surface area contributed by atoms with Crippen molar-refractivity contribution in [2.45, 2.75) is 6.54 Å². The molecule has 0 aliphatic rings. The number of hydrogen-bond donors (Lipinski definition) is 2. The first kappa shape index (κ1) is 14.7. The van der Waals surface area contributed by atoms with E-state index in [1.54, 1.807) is 5.38 Å².